The van der Waals surface area contributed by atoms with Crippen LogP contribution in [-0.4, -0.2) is 18.1 Å². The summed E-state index contributed by atoms with van der Waals surface area (Å²) >= 11 is 3.44. The van der Waals surface area contributed by atoms with E-state index in [1.165, 1.54) is 5.56 Å². The lowest BCUT2D eigenvalue weighted by Gasteiger charge is -2.25. The van der Waals surface area contributed by atoms with Gasteiger partial charge in [-0.3, -0.25) is 4.90 Å². The van der Waals surface area contributed by atoms with Gasteiger partial charge in [-0.2, -0.15) is 0 Å². The minimum absolute atomic E-state index is 0.299. The molecule has 3 aromatic rings. The highest BCUT2D eigenvalue weighted by molar-refractivity contribution is 9.10. The monoisotopic (exact) mass is 427 g/mol. The maximum Gasteiger partial charge on any atom is 0.336 e. The van der Waals surface area contributed by atoms with Crippen LogP contribution in [0.5, 0.6) is 5.75 Å². The molecule has 1 atom stereocenters. The zero-order valence-electron chi connectivity index (χ0n) is 15.3. The summed E-state index contributed by atoms with van der Waals surface area (Å²) in [6.07, 6.45) is 2.28. The second kappa shape index (κ2) is 7.87. The minimum atomic E-state index is -0.299. The molecule has 1 aliphatic rings. The van der Waals surface area contributed by atoms with Gasteiger partial charge in [0, 0.05) is 28.5 Å². The van der Waals surface area contributed by atoms with Crippen molar-refractivity contribution < 1.29 is 9.15 Å². The van der Waals surface area contributed by atoms with Crippen LogP contribution in [0.2, 0.25) is 0 Å². The normalized spacial score (nSPS) is 17.5. The summed E-state index contributed by atoms with van der Waals surface area (Å²) in [7, 11) is 0. The van der Waals surface area contributed by atoms with Crippen molar-refractivity contribution in [1.29, 1.82) is 0 Å². The first-order valence-electron chi connectivity index (χ1n) is 9.33. The van der Waals surface area contributed by atoms with Crippen LogP contribution in [0.3, 0.4) is 0 Å². The maximum atomic E-state index is 12.0. The van der Waals surface area contributed by atoms with Crippen molar-refractivity contribution in [1.82, 2.24) is 4.90 Å². The molecular formula is C22H22BrNO3. The molecule has 4 nitrogen and oxygen atoms in total. The predicted molar refractivity (Wildman–Crippen MR) is 110 cm³/mol. The van der Waals surface area contributed by atoms with Gasteiger partial charge in [0.15, 0.2) is 0 Å². The highest BCUT2D eigenvalue weighted by Gasteiger charge is 2.26. The Morgan fingerprint density at radius 1 is 1.19 bits per heavy atom. The van der Waals surface area contributed by atoms with Gasteiger partial charge < -0.3 is 9.15 Å². The summed E-state index contributed by atoms with van der Waals surface area (Å²) in [5.41, 5.74) is 2.65. The fourth-order valence-corrected chi connectivity index (χ4v) is 4.24. The van der Waals surface area contributed by atoms with E-state index in [0.717, 1.165) is 47.1 Å². The number of hydrogen-bond donors (Lipinski definition) is 0. The van der Waals surface area contributed by atoms with E-state index in [-0.39, 0.29) is 5.63 Å². The summed E-state index contributed by atoms with van der Waals surface area (Å²) in [6, 6.07) is 16.2. The fraction of sp³-hybridized carbons (Fsp3) is 0.318. The number of halogens is 1. The molecule has 0 radical (unpaired) electrons. The van der Waals surface area contributed by atoms with Crippen molar-refractivity contribution in [3.05, 3.63) is 74.6 Å². The van der Waals surface area contributed by atoms with Crippen LogP contribution in [0.4, 0.5) is 0 Å². The standard InChI is InChI=1S/C22H22BrNO3/c1-2-26-18-8-5-15(6-9-18)20-4-3-11-24(20)14-16-12-22(25)27-21-13-17(23)7-10-19(16)21/h5-10,12-13,20H,2-4,11,14H2,1H3. The first-order valence-corrected chi connectivity index (χ1v) is 10.1. The largest absolute Gasteiger partial charge is 0.494 e. The SMILES string of the molecule is CCOc1ccc(C2CCCN2Cc2cc(=O)oc3cc(Br)ccc23)cc1. The van der Waals surface area contributed by atoms with Gasteiger partial charge in [-0.1, -0.05) is 28.1 Å². The molecule has 1 fully saturated rings. The summed E-state index contributed by atoms with van der Waals surface area (Å²) in [5, 5.41) is 0.996. The number of benzene rings is 2. The molecule has 0 bridgehead atoms. The smallest absolute Gasteiger partial charge is 0.336 e. The Kier molecular flexibility index (Phi) is 5.32. The first kappa shape index (κ1) is 18.3. The lowest BCUT2D eigenvalue weighted by Crippen LogP contribution is -2.23. The Hall–Kier alpha value is -2.11. The molecule has 140 valence electrons. The van der Waals surface area contributed by atoms with Crippen LogP contribution >= 0.6 is 15.9 Å². The Morgan fingerprint density at radius 3 is 2.78 bits per heavy atom. The van der Waals surface area contributed by atoms with E-state index in [1.807, 2.05) is 37.3 Å². The molecule has 4 rings (SSSR count). The van der Waals surface area contributed by atoms with E-state index >= 15 is 0 Å². The number of fused-ring (bicyclic) bond motifs is 1. The van der Waals surface area contributed by atoms with Gasteiger partial charge in [0.1, 0.15) is 11.3 Å². The van der Waals surface area contributed by atoms with Crippen molar-refractivity contribution in [3.63, 3.8) is 0 Å². The number of rotatable bonds is 5. The molecule has 1 unspecified atom stereocenters. The lowest BCUT2D eigenvalue weighted by atomic mass is 10.0. The van der Waals surface area contributed by atoms with E-state index in [1.54, 1.807) is 6.07 Å². The summed E-state index contributed by atoms with van der Waals surface area (Å²) in [6.45, 7) is 4.43. The topological polar surface area (TPSA) is 42.7 Å². The summed E-state index contributed by atoms with van der Waals surface area (Å²) in [5.74, 6) is 0.906. The maximum absolute atomic E-state index is 12.0. The lowest BCUT2D eigenvalue weighted by molar-refractivity contribution is 0.248. The molecule has 1 saturated heterocycles. The first-order chi connectivity index (χ1) is 13.1. The van der Waals surface area contributed by atoms with E-state index in [2.05, 4.69) is 33.0 Å². The summed E-state index contributed by atoms with van der Waals surface area (Å²) < 4.78 is 11.8. The molecule has 0 saturated carbocycles. The Balaban J connectivity index is 1.62. The molecule has 0 N–H and O–H groups in total. The van der Waals surface area contributed by atoms with E-state index in [0.29, 0.717) is 18.2 Å². The van der Waals surface area contributed by atoms with Gasteiger partial charge in [0.25, 0.3) is 0 Å². The molecule has 0 amide bonds. The quantitative estimate of drug-likeness (QED) is 0.518. The third kappa shape index (κ3) is 3.94. The Labute approximate surface area is 166 Å². The van der Waals surface area contributed by atoms with Gasteiger partial charge in [0.05, 0.1) is 6.61 Å². The molecule has 1 aromatic heterocycles. The Morgan fingerprint density at radius 2 is 2.00 bits per heavy atom. The fourth-order valence-electron chi connectivity index (χ4n) is 3.90. The molecule has 5 heteroatoms. The number of nitrogens with zero attached hydrogens (tertiary/aromatic N) is 1. The van der Waals surface area contributed by atoms with Crippen molar-refractivity contribution >= 4 is 26.9 Å². The van der Waals surface area contributed by atoms with Crippen LogP contribution in [-0.2, 0) is 6.54 Å². The second-order valence-electron chi connectivity index (χ2n) is 6.86. The number of hydrogen-bond acceptors (Lipinski definition) is 4. The molecule has 1 aliphatic heterocycles. The Bertz CT molecular complexity index is 997. The van der Waals surface area contributed by atoms with E-state index in [9.17, 15) is 4.79 Å². The molecule has 2 heterocycles. The zero-order valence-corrected chi connectivity index (χ0v) is 16.9. The molecule has 0 spiro atoms. The van der Waals surface area contributed by atoms with Crippen molar-refractivity contribution in [2.24, 2.45) is 0 Å². The van der Waals surface area contributed by atoms with E-state index < -0.39 is 0 Å². The van der Waals surface area contributed by atoms with Crippen molar-refractivity contribution in [2.45, 2.75) is 32.4 Å². The highest BCUT2D eigenvalue weighted by atomic mass is 79.9. The third-order valence-electron chi connectivity index (χ3n) is 5.11. The molecular weight excluding hydrogens is 406 g/mol. The third-order valence-corrected chi connectivity index (χ3v) is 5.60. The van der Waals surface area contributed by atoms with Crippen molar-refractivity contribution in [2.75, 3.05) is 13.2 Å². The average Bonchev–Trinajstić information content (AvgIpc) is 3.10. The van der Waals surface area contributed by atoms with Crippen LogP contribution in [0.25, 0.3) is 11.0 Å². The van der Waals surface area contributed by atoms with Crippen LogP contribution in [0.1, 0.15) is 36.9 Å². The van der Waals surface area contributed by atoms with Gasteiger partial charge >= 0.3 is 5.63 Å². The van der Waals surface area contributed by atoms with Crippen LogP contribution in [0, 0.1) is 0 Å². The second-order valence-corrected chi connectivity index (χ2v) is 7.78. The van der Waals surface area contributed by atoms with Gasteiger partial charge in [-0.25, -0.2) is 4.79 Å². The van der Waals surface area contributed by atoms with Crippen molar-refractivity contribution in [3.8, 4) is 5.75 Å². The van der Waals surface area contributed by atoms with Crippen LogP contribution < -0.4 is 10.4 Å². The van der Waals surface area contributed by atoms with Gasteiger partial charge in [-0.05, 0) is 67.8 Å². The van der Waals surface area contributed by atoms with Gasteiger partial charge in [0.2, 0.25) is 0 Å². The van der Waals surface area contributed by atoms with E-state index in [4.69, 9.17) is 9.15 Å². The predicted octanol–water partition coefficient (Wildman–Crippen LogP) is 5.29. The van der Waals surface area contributed by atoms with Gasteiger partial charge in [-0.15, -0.1) is 0 Å². The summed E-state index contributed by atoms with van der Waals surface area (Å²) in [4.78, 5) is 14.5. The molecule has 2 aromatic carbocycles. The minimum Gasteiger partial charge on any atom is -0.494 e. The van der Waals surface area contributed by atoms with Crippen LogP contribution in [0.15, 0.2) is 62.2 Å². The number of ether oxygens (including phenoxy) is 1. The molecule has 27 heavy (non-hydrogen) atoms. The molecule has 0 aliphatic carbocycles. The average molecular weight is 428 g/mol. The highest BCUT2D eigenvalue weighted by Crippen LogP contribution is 2.35. The zero-order chi connectivity index (χ0) is 18.8. The number of likely N-dealkylation sites (tertiary alicyclic amines) is 1.